The Bertz CT molecular complexity index is 316. The van der Waals surface area contributed by atoms with Crippen LogP contribution in [0.5, 0.6) is 5.75 Å². The van der Waals surface area contributed by atoms with Gasteiger partial charge in [0.15, 0.2) is 0 Å². The predicted molar refractivity (Wildman–Crippen MR) is 61.6 cm³/mol. The van der Waals surface area contributed by atoms with Gasteiger partial charge in [0.2, 0.25) is 0 Å². The Morgan fingerprint density at radius 1 is 1.38 bits per heavy atom. The molecule has 1 fully saturated rings. The number of rotatable bonds is 6. The molecular formula is C13H18O3. The lowest BCUT2D eigenvalue weighted by Gasteiger charge is -2.11. The molecule has 0 radical (unpaired) electrons. The summed E-state index contributed by atoms with van der Waals surface area (Å²) in [5.74, 6) is 0.878. The Balaban J connectivity index is 1.74. The molecular weight excluding hydrogens is 204 g/mol. The van der Waals surface area contributed by atoms with Gasteiger partial charge in [-0.1, -0.05) is 12.1 Å². The van der Waals surface area contributed by atoms with Crippen molar-refractivity contribution in [3.05, 3.63) is 29.8 Å². The van der Waals surface area contributed by atoms with Gasteiger partial charge in [-0.15, -0.1) is 0 Å². The van der Waals surface area contributed by atoms with Crippen LogP contribution in [0.3, 0.4) is 0 Å². The third kappa shape index (κ3) is 3.51. The highest BCUT2D eigenvalue weighted by Gasteiger charge is 2.24. The van der Waals surface area contributed by atoms with E-state index in [4.69, 9.17) is 14.2 Å². The van der Waals surface area contributed by atoms with Crippen molar-refractivity contribution < 1.29 is 14.2 Å². The fourth-order valence-electron chi connectivity index (χ4n) is 1.60. The molecule has 0 spiro atoms. The lowest BCUT2D eigenvalue weighted by Crippen LogP contribution is -2.10. The molecule has 3 heteroatoms. The molecule has 0 N–H and O–H groups in total. The van der Waals surface area contributed by atoms with Crippen molar-refractivity contribution in [2.75, 3.05) is 13.7 Å². The number of ether oxygens (including phenoxy) is 3. The van der Waals surface area contributed by atoms with Crippen molar-refractivity contribution in [1.82, 2.24) is 0 Å². The minimum Gasteiger partial charge on any atom is -0.497 e. The average molecular weight is 222 g/mol. The highest BCUT2D eigenvalue weighted by atomic mass is 16.6. The molecule has 0 saturated carbocycles. The molecule has 16 heavy (non-hydrogen) atoms. The van der Waals surface area contributed by atoms with Gasteiger partial charge in [-0.3, -0.25) is 0 Å². The standard InChI is InChI=1S/C13H18O3/c1-10(7-13-9-16-13)15-8-11-3-5-12(14-2)6-4-11/h3-6,10,13H,7-9H2,1-2H3/t10-,13?/m0/s1. The number of benzene rings is 1. The zero-order chi connectivity index (χ0) is 11.4. The molecule has 1 aromatic rings. The monoisotopic (exact) mass is 222 g/mol. The van der Waals surface area contributed by atoms with Gasteiger partial charge >= 0.3 is 0 Å². The quantitative estimate of drug-likeness (QED) is 0.692. The van der Waals surface area contributed by atoms with E-state index in [0.29, 0.717) is 12.7 Å². The molecule has 0 amide bonds. The summed E-state index contributed by atoms with van der Waals surface area (Å²) in [5.41, 5.74) is 1.17. The van der Waals surface area contributed by atoms with Gasteiger partial charge in [-0.05, 0) is 24.6 Å². The van der Waals surface area contributed by atoms with E-state index in [0.717, 1.165) is 18.8 Å². The molecule has 1 aromatic carbocycles. The Hall–Kier alpha value is -1.06. The van der Waals surface area contributed by atoms with Crippen molar-refractivity contribution in [1.29, 1.82) is 0 Å². The minimum atomic E-state index is 0.259. The van der Waals surface area contributed by atoms with E-state index in [1.54, 1.807) is 7.11 Å². The normalized spacial score (nSPS) is 20.5. The maximum Gasteiger partial charge on any atom is 0.118 e. The van der Waals surface area contributed by atoms with E-state index >= 15 is 0 Å². The topological polar surface area (TPSA) is 31.0 Å². The smallest absolute Gasteiger partial charge is 0.118 e. The van der Waals surface area contributed by atoms with E-state index < -0.39 is 0 Å². The highest BCUT2D eigenvalue weighted by molar-refractivity contribution is 5.26. The van der Waals surface area contributed by atoms with Crippen LogP contribution in [-0.2, 0) is 16.1 Å². The molecule has 88 valence electrons. The second kappa shape index (κ2) is 5.32. The second-order valence-corrected chi connectivity index (χ2v) is 4.16. The lowest BCUT2D eigenvalue weighted by atomic mass is 10.2. The maximum atomic E-state index is 5.73. The SMILES string of the molecule is COc1ccc(CO[C@@H](C)CC2CO2)cc1. The predicted octanol–water partition coefficient (Wildman–Crippen LogP) is 2.39. The number of methoxy groups -OCH3 is 1. The zero-order valence-corrected chi connectivity index (χ0v) is 9.81. The van der Waals surface area contributed by atoms with Gasteiger partial charge in [0.05, 0.1) is 32.5 Å². The van der Waals surface area contributed by atoms with Gasteiger partial charge in [0, 0.05) is 6.42 Å². The van der Waals surface area contributed by atoms with Crippen LogP contribution < -0.4 is 4.74 Å². The van der Waals surface area contributed by atoms with Gasteiger partial charge < -0.3 is 14.2 Å². The largest absolute Gasteiger partial charge is 0.497 e. The Morgan fingerprint density at radius 2 is 2.06 bits per heavy atom. The minimum absolute atomic E-state index is 0.259. The van der Waals surface area contributed by atoms with Crippen LogP contribution in [0.4, 0.5) is 0 Å². The first-order valence-electron chi connectivity index (χ1n) is 5.64. The summed E-state index contributed by atoms with van der Waals surface area (Å²) in [4.78, 5) is 0. The first kappa shape index (κ1) is 11.4. The Labute approximate surface area is 96.3 Å². The van der Waals surface area contributed by atoms with Gasteiger partial charge in [0.1, 0.15) is 5.75 Å². The Kier molecular flexibility index (Phi) is 3.80. The van der Waals surface area contributed by atoms with Crippen molar-refractivity contribution in [2.24, 2.45) is 0 Å². The lowest BCUT2D eigenvalue weighted by molar-refractivity contribution is 0.0426. The summed E-state index contributed by atoms with van der Waals surface area (Å²) in [7, 11) is 1.67. The molecule has 0 bridgehead atoms. The average Bonchev–Trinajstić information content (AvgIpc) is 3.11. The van der Waals surface area contributed by atoms with Crippen molar-refractivity contribution in [3.63, 3.8) is 0 Å². The molecule has 1 aliphatic rings. The number of epoxide rings is 1. The summed E-state index contributed by atoms with van der Waals surface area (Å²) >= 11 is 0. The first-order chi connectivity index (χ1) is 7.78. The summed E-state index contributed by atoms with van der Waals surface area (Å²) in [5, 5.41) is 0. The van der Waals surface area contributed by atoms with E-state index in [-0.39, 0.29) is 6.10 Å². The fraction of sp³-hybridized carbons (Fsp3) is 0.538. The number of hydrogen-bond acceptors (Lipinski definition) is 3. The van der Waals surface area contributed by atoms with E-state index in [2.05, 4.69) is 6.92 Å². The van der Waals surface area contributed by atoms with Crippen molar-refractivity contribution in [3.8, 4) is 5.75 Å². The molecule has 1 heterocycles. The first-order valence-corrected chi connectivity index (χ1v) is 5.64. The van der Waals surface area contributed by atoms with E-state index in [1.807, 2.05) is 24.3 Å². The van der Waals surface area contributed by atoms with Crippen LogP contribution in [0.1, 0.15) is 18.9 Å². The summed E-state index contributed by atoms with van der Waals surface area (Å²) in [6.07, 6.45) is 1.69. The highest BCUT2D eigenvalue weighted by Crippen LogP contribution is 2.18. The maximum absolute atomic E-state index is 5.73. The van der Waals surface area contributed by atoms with Crippen LogP contribution in [0.2, 0.25) is 0 Å². The van der Waals surface area contributed by atoms with E-state index in [1.165, 1.54) is 5.56 Å². The van der Waals surface area contributed by atoms with Crippen molar-refractivity contribution in [2.45, 2.75) is 32.2 Å². The van der Waals surface area contributed by atoms with Crippen LogP contribution in [0, 0.1) is 0 Å². The van der Waals surface area contributed by atoms with Crippen LogP contribution >= 0.6 is 0 Å². The van der Waals surface area contributed by atoms with Crippen LogP contribution in [0.15, 0.2) is 24.3 Å². The van der Waals surface area contributed by atoms with Crippen LogP contribution in [-0.4, -0.2) is 25.9 Å². The van der Waals surface area contributed by atoms with Gasteiger partial charge in [-0.25, -0.2) is 0 Å². The molecule has 1 aliphatic heterocycles. The molecule has 2 atom stereocenters. The molecule has 0 aromatic heterocycles. The molecule has 2 rings (SSSR count). The fourth-order valence-corrected chi connectivity index (χ4v) is 1.60. The van der Waals surface area contributed by atoms with Crippen molar-refractivity contribution >= 4 is 0 Å². The van der Waals surface area contributed by atoms with Crippen LogP contribution in [0.25, 0.3) is 0 Å². The summed E-state index contributed by atoms with van der Waals surface area (Å²) in [6, 6.07) is 7.96. The van der Waals surface area contributed by atoms with E-state index in [9.17, 15) is 0 Å². The molecule has 1 saturated heterocycles. The number of hydrogen-bond donors (Lipinski definition) is 0. The van der Waals surface area contributed by atoms with Gasteiger partial charge in [-0.2, -0.15) is 0 Å². The molecule has 0 aliphatic carbocycles. The Morgan fingerprint density at radius 3 is 2.62 bits per heavy atom. The summed E-state index contributed by atoms with van der Waals surface area (Å²) in [6.45, 7) is 3.64. The third-order valence-electron chi connectivity index (χ3n) is 2.69. The van der Waals surface area contributed by atoms with Gasteiger partial charge in [0.25, 0.3) is 0 Å². The second-order valence-electron chi connectivity index (χ2n) is 4.16. The third-order valence-corrected chi connectivity index (χ3v) is 2.69. The molecule has 3 nitrogen and oxygen atoms in total. The summed E-state index contributed by atoms with van der Waals surface area (Å²) < 4.78 is 16.0. The molecule has 1 unspecified atom stereocenters. The zero-order valence-electron chi connectivity index (χ0n) is 9.81.